The van der Waals surface area contributed by atoms with Gasteiger partial charge in [-0.15, -0.1) is 0 Å². The van der Waals surface area contributed by atoms with Gasteiger partial charge < -0.3 is 15.1 Å². The molecule has 2 aromatic heterocycles. The van der Waals surface area contributed by atoms with E-state index in [9.17, 15) is 4.79 Å². The average molecular weight is 514 g/mol. The van der Waals surface area contributed by atoms with Crippen molar-refractivity contribution in [3.8, 4) is 0 Å². The van der Waals surface area contributed by atoms with Gasteiger partial charge in [0, 0.05) is 67.4 Å². The van der Waals surface area contributed by atoms with Crippen LogP contribution in [0.4, 0.5) is 23.1 Å². The van der Waals surface area contributed by atoms with Crippen LogP contribution in [0.2, 0.25) is 0 Å². The van der Waals surface area contributed by atoms with Crippen LogP contribution in [-0.2, 0) is 11.2 Å². The Bertz CT molecular complexity index is 1330. The molecule has 0 amide bonds. The first-order chi connectivity index (χ1) is 18.1. The number of para-hydroxylation sites is 1. The van der Waals surface area contributed by atoms with Crippen molar-refractivity contribution in [2.75, 3.05) is 41.3 Å². The second-order valence-corrected chi connectivity index (χ2v) is 10.1. The Hall–Kier alpha value is -3.85. The van der Waals surface area contributed by atoms with Gasteiger partial charge in [0.25, 0.3) is 0 Å². The van der Waals surface area contributed by atoms with Gasteiger partial charge in [-0.05, 0) is 48.5 Å². The van der Waals surface area contributed by atoms with Crippen molar-refractivity contribution in [3.05, 3.63) is 78.0 Å². The van der Waals surface area contributed by atoms with Gasteiger partial charge >= 0.3 is 0 Å². The summed E-state index contributed by atoms with van der Waals surface area (Å²) in [7, 11) is 0. The third-order valence-electron chi connectivity index (χ3n) is 6.31. The van der Waals surface area contributed by atoms with E-state index in [-0.39, 0.29) is 5.78 Å². The number of aromatic nitrogens is 4. The summed E-state index contributed by atoms with van der Waals surface area (Å²) < 4.78 is 0. The van der Waals surface area contributed by atoms with E-state index in [4.69, 9.17) is 9.97 Å². The third kappa shape index (κ3) is 6.48. The van der Waals surface area contributed by atoms with Crippen molar-refractivity contribution >= 4 is 40.7 Å². The minimum Gasteiger partial charge on any atom is -0.368 e. The smallest absolute Gasteiger partial charge is 0.196 e. The van der Waals surface area contributed by atoms with Gasteiger partial charge in [-0.1, -0.05) is 37.3 Å². The van der Waals surface area contributed by atoms with Crippen LogP contribution in [0.1, 0.15) is 24.6 Å². The number of hydrogen-bond acceptors (Lipinski definition) is 8. The maximum absolute atomic E-state index is 11.8. The Morgan fingerprint density at radius 2 is 1.68 bits per heavy atom. The number of piperazine rings is 1. The van der Waals surface area contributed by atoms with Gasteiger partial charge in [0.15, 0.2) is 11.0 Å². The molecule has 0 bridgehead atoms. The molecule has 1 aliphatic rings. The second-order valence-electron chi connectivity index (χ2n) is 9.08. The van der Waals surface area contributed by atoms with Crippen molar-refractivity contribution < 1.29 is 4.79 Å². The molecule has 2 N–H and O–H groups in total. The topological polar surface area (TPSA) is 90.0 Å². The fourth-order valence-corrected chi connectivity index (χ4v) is 5.03. The first kappa shape index (κ1) is 24.8. The maximum Gasteiger partial charge on any atom is 0.196 e. The SMILES string of the molecule is CCC(=O)Cc1ccc(Sc2nc(Nc3cc(C)[nH]n3)cc(N3CCN(c4ccccc4)CC3)n2)cc1. The van der Waals surface area contributed by atoms with Crippen molar-refractivity contribution in [3.63, 3.8) is 0 Å². The summed E-state index contributed by atoms with van der Waals surface area (Å²) in [6, 6.07) is 22.5. The lowest BCUT2D eigenvalue weighted by molar-refractivity contribution is -0.118. The molecule has 0 unspecified atom stereocenters. The highest BCUT2D eigenvalue weighted by Gasteiger charge is 2.20. The highest BCUT2D eigenvalue weighted by atomic mass is 32.2. The molecule has 190 valence electrons. The summed E-state index contributed by atoms with van der Waals surface area (Å²) in [5.41, 5.74) is 3.25. The lowest BCUT2D eigenvalue weighted by Crippen LogP contribution is -2.46. The summed E-state index contributed by atoms with van der Waals surface area (Å²) in [5.74, 6) is 2.56. The number of anilines is 4. The van der Waals surface area contributed by atoms with Crippen molar-refractivity contribution in [2.45, 2.75) is 36.7 Å². The number of nitrogens with one attached hydrogen (secondary N) is 2. The molecular weight excluding hydrogens is 482 g/mol. The first-order valence-corrected chi connectivity index (χ1v) is 13.4. The molecule has 8 nitrogen and oxygen atoms in total. The Balaban J connectivity index is 1.35. The van der Waals surface area contributed by atoms with Gasteiger partial charge in [-0.3, -0.25) is 9.89 Å². The lowest BCUT2D eigenvalue weighted by Gasteiger charge is -2.36. The van der Waals surface area contributed by atoms with Gasteiger partial charge in [-0.2, -0.15) is 5.10 Å². The molecule has 1 fully saturated rings. The number of carbonyl (C=O) groups excluding carboxylic acids is 1. The molecule has 1 saturated heterocycles. The standard InChI is InChI=1S/C28H31N7OS/c1-3-23(36)18-21-9-11-24(12-10-21)37-28-30-25(29-26-17-20(2)32-33-26)19-27(31-28)35-15-13-34(14-16-35)22-7-5-4-6-8-22/h4-12,17,19H,3,13-16,18H2,1-2H3,(H2,29,30,31,32,33). The Morgan fingerprint density at radius 1 is 0.946 bits per heavy atom. The van der Waals surface area contributed by atoms with Gasteiger partial charge in [0.2, 0.25) is 0 Å². The normalized spacial score (nSPS) is 13.6. The number of nitrogens with zero attached hydrogens (tertiary/aromatic N) is 5. The number of H-pyrrole nitrogens is 1. The number of carbonyl (C=O) groups is 1. The number of aromatic amines is 1. The molecule has 9 heteroatoms. The minimum atomic E-state index is 0.244. The fourth-order valence-electron chi connectivity index (χ4n) is 4.26. The van der Waals surface area contributed by atoms with Crippen molar-refractivity contribution in [2.24, 2.45) is 0 Å². The van der Waals surface area contributed by atoms with Crippen LogP contribution in [0.25, 0.3) is 0 Å². The molecule has 0 saturated carbocycles. The molecule has 1 aliphatic heterocycles. The summed E-state index contributed by atoms with van der Waals surface area (Å²) in [5, 5.41) is 11.2. The zero-order valence-corrected chi connectivity index (χ0v) is 22.0. The third-order valence-corrected chi connectivity index (χ3v) is 7.18. The zero-order valence-electron chi connectivity index (χ0n) is 21.1. The molecule has 0 aliphatic carbocycles. The van der Waals surface area contributed by atoms with Crippen LogP contribution in [0.3, 0.4) is 0 Å². The predicted octanol–water partition coefficient (Wildman–Crippen LogP) is 5.25. The Morgan fingerprint density at radius 3 is 2.35 bits per heavy atom. The van der Waals surface area contributed by atoms with Gasteiger partial charge in [0.1, 0.15) is 17.4 Å². The van der Waals surface area contributed by atoms with Crippen LogP contribution >= 0.6 is 11.8 Å². The predicted molar refractivity (Wildman–Crippen MR) is 149 cm³/mol. The summed E-state index contributed by atoms with van der Waals surface area (Å²) in [6.45, 7) is 7.46. The summed E-state index contributed by atoms with van der Waals surface area (Å²) >= 11 is 1.51. The largest absolute Gasteiger partial charge is 0.368 e. The highest BCUT2D eigenvalue weighted by molar-refractivity contribution is 7.99. The van der Waals surface area contributed by atoms with Crippen LogP contribution < -0.4 is 15.1 Å². The number of rotatable bonds is 9. The molecule has 2 aromatic carbocycles. The molecule has 37 heavy (non-hydrogen) atoms. The van der Waals surface area contributed by atoms with E-state index < -0.39 is 0 Å². The molecule has 0 spiro atoms. The zero-order chi connectivity index (χ0) is 25.6. The van der Waals surface area contributed by atoms with E-state index in [1.807, 2.05) is 56.3 Å². The van der Waals surface area contributed by atoms with E-state index >= 15 is 0 Å². The molecule has 4 aromatic rings. The maximum atomic E-state index is 11.8. The fraction of sp³-hybridized carbons (Fsp3) is 0.286. The highest BCUT2D eigenvalue weighted by Crippen LogP contribution is 2.30. The number of hydrogen-bond donors (Lipinski definition) is 2. The van der Waals surface area contributed by atoms with E-state index in [0.29, 0.717) is 23.8 Å². The molecule has 0 radical (unpaired) electrons. The molecule has 3 heterocycles. The second kappa shape index (κ2) is 11.5. The number of benzene rings is 2. The van der Waals surface area contributed by atoms with E-state index in [1.54, 1.807) is 0 Å². The number of Topliss-reactive ketones (excluding diaryl/α,β-unsaturated/α-hetero) is 1. The summed E-state index contributed by atoms with van der Waals surface area (Å²) in [6.07, 6.45) is 1.03. The van der Waals surface area contributed by atoms with Crippen molar-refractivity contribution in [1.29, 1.82) is 0 Å². The van der Waals surface area contributed by atoms with Crippen molar-refractivity contribution in [1.82, 2.24) is 20.2 Å². The van der Waals surface area contributed by atoms with Gasteiger partial charge in [-0.25, -0.2) is 9.97 Å². The van der Waals surface area contributed by atoms with Crippen LogP contribution in [0, 0.1) is 6.92 Å². The van der Waals surface area contributed by atoms with Crippen LogP contribution in [0.15, 0.2) is 76.8 Å². The first-order valence-electron chi connectivity index (χ1n) is 12.6. The number of ketones is 1. The number of aryl methyl sites for hydroxylation is 1. The lowest BCUT2D eigenvalue weighted by atomic mass is 10.1. The summed E-state index contributed by atoms with van der Waals surface area (Å²) in [4.78, 5) is 27.2. The Kier molecular flexibility index (Phi) is 7.70. The molecule has 0 atom stereocenters. The monoisotopic (exact) mass is 513 g/mol. The van der Waals surface area contributed by atoms with Crippen LogP contribution in [0.5, 0.6) is 0 Å². The molecule has 5 rings (SSSR count). The Labute approximate surface area is 221 Å². The van der Waals surface area contributed by atoms with Gasteiger partial charge in [0.05, 0.1) is 0 Å². The minimum absolute atomic E-state index is 0.244. The van der Waals surface area contributed by atoms with E-state index in [1.165, 1.54) is 17.4 Å². The van der Waals surface area contributed by atoms with E-state index in [2.05, 4.69) is 49.6 Å². The average Bonchev–Trinajstić information content (AvgIpc) is 3.34. The van der Waals surface area contributed by atoms with E-state index in [0.717, 1.165) is 54.0 Å². The quantitative estimate of drug-likeness (QED) is 0.293. The molecular formula is C28H31N7OS. The van der Waals surface area contributed by atoms with Crippen LogP contribution in [-0.4, -0.2) is 52.1 Å².